The lowest BCUT2D eigenvalue weighted by Crippen LogP contribution is -2.53. The predicted octanol–water partition coefficient (Wildman–Crippen LogP) is 2.65. The van der Waals surface area contributed by atoms with E-state index in [0.29, 0.717) is 44.6 Å². The minimum Gasteiger partial charge on any atom is -0.380 e. The smallest absolute Gasteiger partial charge is 0.254 e. The third kappa shape index (κ3) is 4.86. The molecule has 2 N–H and O–H groups in total. The van der Waals surface area contributed by atoms with Gasteiger partial charge in [0.25, 0.3) is 11.8 Å². The molecule has 0 radical (unpaired) electrons. The maximum atomic E-state index is 12.9. The summed E-state index contributed by atoms with van der Waals surface area (Å²) in [6, 6.07) is 15.2. The van der Waals surface area contributed by atoms with Gasteiger partial charge in [-0.05, 0) is 62.1 Å². The average molecular weight is 456 g/mol. The molecule has 32 heavy (non-hydrogen) atoms. The molecule has 0 spiro atoms. The van der Waals surface area contributed by atoms with Crippen LogP contribution in [0.15, 0.2) is 48.5 Å². The average Bonchev–Trinajstić information content (AvgIpc) is 3.57. The Morgan fingerprint density at radius 3 is 2.19 bits per heavy atom. The highest BCUT2D eigenvalue weighted by molar-refractivity contribution is 7.86. The molecular formula is C24H29N3O4S. The third-order valence-corrected chi connectivity index (χ3v) is 7.24. The number of anilines is 1. The van der Waals surface area contributed by atoms with Crippen molar-refractivity contribution in [2.45, 2.75) is 37.5 Å². The van der Waals surface area contributed by atoms with E-state index in [0.717, 1.165) is 16.8 Å². The number of aliphatic hydroxyl groups is 1. The van der Waals surface area contributed by atoms with Crippen molar-refractivity contribution < 1.29 is 18.9 Å². The lowest BCUT2D eigenvalue weighted by Gasteiger charge is -2.35. The number of benzene rings is 2. The zero-order chi connectivity index (χ0) is 22.9. The summed E-state index contributed by atoms with van der Waals surface area (Å²) in [7, 11) is -1.15. The first-order chi connectivity index (χ1) is 15.3. The summed E-state index contributed by atoms with van der Waals surface area (Å²) < 4.78 is 15.1. The number of piperazine rings is 1. The van der Waals surface area contributed by atoms with Crippen LogP contribution in [0, 0.1) is 0 Å². The summed E-state index contributed by atoms with van der Waals surface area (Å²) >= 11 is 0. The van der Waals surface area contributed by atoms with E-state index in [2.05, 4.69) is 4.72 Å². The maximum absolute atomic E-state index is 12.9. The lowest BCUT2D eigenvalue weighted by atomic mass is 10.0. The van der Waals surface area contributed by atoms with Crippen molar-refractivity contribution in [1.29, 1.82) is 0 Å². The van der Waals surface area contributed by atoms with Crippen LogP contribution in [0.1, 0.15) is 37.0 Å². The van der Waals surface area contributed by atoms with Crippen LogP contribution in [-0.4, -0.2) is 68.0 Å². The van der Waals surface area contributed by atoms with Crippen LogP contribution in [-0.2, 0) is 15.8 Å². The molecule has 1 aliphatic heterocycles. The largest absolute Gasteiger partial charge is 0.380 e. The van der Waals surface area contributed by atoms with Crippen LogP contribution in [0.2, 0.25) is 0 Å². The maximum Gasteiger partial charge on any atom is 0.254 e. The van der Waals surface area contributed by atoms with Gasteiger partial charge in [-0.3, -0.25) is 9.59 Å². The van der Waals surface area contributed by atoms with Gasteiger partial charge < -0.3 is 19.6 Å². The minimum absolute atomic E-state index is 0.0161. The number of nitrogens with zero attached hydrogens (tertiary/aromatic N) is 2. The second-order valence-electron chi connectivity index (χ2n) is 8.72. The van der Waals surface area contributed by atoms with Crippen LogP contribution in [0.4, 0.5) is 5.69 Å². The van der Waals surface area contributed by atoms with Gasteiger partial charge >= 0.3 is 0 Å². The first-order valence-corrected chi connectivity index (χ1v) is 12.2. The van der Waals surface area contributed by atoms with Crippen LogP contribution in [0.5, 0.6) is 0 Å². The van der Waals surface area contributed by atoms with Gasteiger partial charge in [0, 0.05) is 42.7 Å². The van der Waals surface area contributed by atoms with Gasteiger partial charge in [0.2, 0.25) is 0 Å². The Balaban J connectivity index is 1.38. The monoisotopic (exact) mass is 455 g/mol. The second kappa shape index (κ2) is 9.03. The number of hydrogen-bond donors (Lipinski definition) is 2. The van der Waals surface area contributed by atoms with E-state index < -0.39 is 16.6 Å². The Kier molecular flexibility index (Phi) is 6.35. The topological polar surface area (TPSA) is 90.0 Å². The molecule has 2 aromatic carbocycles. The number of amides is 2. The molecule has 2 aliphatic rings. The highest BCUT2D eigenvalue weighted by Gasteiger charge is 2.50. The summed E-state index contributed by atoms with van der Waals surface area (Å²) in [4.78, 5) is 28.6. The Morgan fingerprint density at radius 2 is 1.59 bits per heavy atom. The fourth-order valence-electron chi connectivity index (χ4n) is 3.72. The summed E-state index contributed by atoms with van der Waals surface area (Å²) in [5.41, 5.74) is 2.18. The zero-order valence-electron chi connectivity index (χ0n) is 18.4. The van der Waals surface area contributed by atoms with E-state index in [-0.39, 0.29) is 17.1 Å². The molecule has 4 rings (SSSR count). The fraction of sp³-hybridized carbons (Fsp3) is 0.417. The summed E-state index contributed by atoms with van der Waals surface area (Å²) in [6.45, 7) is 5.62. The predicted molar refractivity (Wildman–Crippen MR) is 125 cm³/mol. The molecule has 1 aliphatic carbocycles. The van der Waals surface area contributed by atoms with E-state index in [1.807, 2.05) is 62.4 Å². The molecule has 2 aromatic rings. The summed E-state index contributed by atoms with van der Waals surface area (Å²) in [6.07, 6.45) is 1.07. The van der Waals surface area contributed by atoms with Crippen molar-refractivity contribution in [2.75, 3.05) is 30.9 Å². The minimum atomic E-state index is -1.15. The fourth-order valence-corrected chi connectivity index (χ4v) is 4.32. The lowest BCUT2D eigenvalue weighted by molar-refractivity contribution is -0.143. The first kappa shape index (κ1) is 22.5. The molecule has 8 heteroatoms. The van der Waals surface area contributed by atoms with Crippen molar-refractivity contribution in [1.82, 2.24) is 9.80 Å². The molecule has 170 valence electrons. The molecule has 2 amide bonds. The molecule has 0 aromatic heterocycles. The van der Waals surface area contributed by atoms with E-state index in [1.54, 1.807) is 9.80 Å². The molecule has 0 bridgehead atoms. The van der Waals surface area contributed by atoms with Crippen molar-refractivity contribution in [2.24, 2.45) is 0 Å². The number of nitrogens with one attached hydrogen (secondary N) is 1. The van der Waals surface area contributed by atoms with Gasteiger partial charge in [-0.15, -0.1) is 0 Å². The van der Waals surface area contributed by atoms with Crippen LogP contribution in [0.25, 0.3) is 11.1 Å². The zero-order valence-corrected chi connectivity index (χ0v) is 19.2. The normalized spacial score (nSPS) is 18.4. The number of carbonyl (C=O) groups is 2. The molecule has 1 saturated heterocycles. The van der Waals surface area contributed by atoms with Crippen molar-refractivity contribution >= 4 is 28.5 Å². The van der Waals surface area contributed by atoms with Gasteiger partial charge in [-0.2, -0.15) is 0 Å². The summed E-state index contributed by atoms with van der Waals surface area (Å²) in [5, 5.41) is 10.0. The van der Waals surface area contributed by atoms with Crippen LogP contribution >= 0.6 is 0 Å². The van der Waals surface area contributed by atoms with E-state index in [9.17, 15) is 18.9 Å². The molecule has 1 heterocycles. The van der Waals surface area contributed by atoms with Crippen LogP contribution < -0.4 is 4.72 Å². The highest BCUT2D eigenvalue weighted by atomic mass is 32.2. The van der Waals surface area contributed by atoms with Gasteiger partial charge in [0.05, 0.1) is 0 Å². The SMILES string of the molecule is CC(C)S(=O)Nc1cccc(-c2ccc(C(=O)N3CCN(C(=O)C4(O)CC4)CC3)cc2)c1. The van der Waals surface area contributed by atoms with E-state index >= 15 is 0 Å². The quantitative estimate of drug-likeness (QED) is 0.701. The number of hydrogen-bond acceptors (Lipinski definition) is 4. The Bertz CT molecular complexity index is 1030. The highest BCUT2D eigenvalue weighted by Crippen LogP contribution is 2.37. The van der Waals surface area contributed by atoms with Gasteiger partial charge in [0.1, 0.15) is 16.6 Å². The number of rotatable bonds is 6. The molecule has 2 fully saturated rings. The second-order valence-corrected chi connectivity index (χ2v) is 10.5. The van der Waals surface area contributed by atoms with E-state index in [1.165, 1.54) is 0 Å². The first-order valence-electron chi connectivity index (χ1n) is 11.0. The molecular weight excluding hydrogens is 426 g/mol. The number of carbonyl (C=O) groups excluding carboxylic acids is 2. The Labute approximate surface area is 191 Å². The van der Waals surface area contributed by atoms with Crippen LogP contribution in [0.3, 0.4) is 0 Å². The van der Waals surface area contributed by atoms with Crippen molar-refractivity contribution in [3.05, 3.63) is 54.1 Å². The molecule has 7 nitrogen and oxygen atoms in total. The van der Waals surface area contributed by atoms with Crippen molar-refractivity contribution in [3.63, 3.8) is 0 Å². The molecule has 1 unspecified atom stereocenters. The summed E-state index contributed by atoms with van der Waals surface area (Å²) in [5.74, 6) is -0.264. The van der Waals surface area contributed by atoms with Crippen molar-refractivity contribution in [3.8, 4) is 11.1 Å². The van der Waals surface area contributed by atoms with Gasteiger partial charge in [-0.25, -0.2) is 4.21 Å². The Morgan fingerprint density at radius 1 is 0.969 bits per heavy atom. The molecule has 1 atom stereocenters. The standard InChI is InChI=1S/C24H29N3O4S/c1-17(2)32(31)25-21-5-3-4-20(16-21)18-6-8-19(9-7-18)22(28)26-12-14-27(15-13-26)23(29)24(30)10-11-24/h3-9,16-17,25,30H,10-15H2,1-2H3. The van der Waals surface area contributed by atoms with Gasteiger partial charge in [-0.1, -0.05) is 24.3 Å². The van der Waals surface area contributed by atoms with Gasteiger partial charge in [0.15, 0.2) is 0 Å². The van der Waals surface area contributed by atoms with E-state index in [4.69, 9.17) is 0 Å². The Hall–Kier alpha value is -2.71. The third-order valence-electron chi connectivity index (χ3n) is 5.95. The molecule has 1 saturated carbocycles.